The first-order valence-corrected chi connectivity index (χ1v) is 8.48. The molecule has 0 spiro atoms. The van der Waals surface area contributed by atoms with Crippen LogP contribution in [-0.4, -0.2) is 44.6 Å². The van der Waals surface area contributed by atoms with Crippen molar-refractivity contribution in [2.45, 2.75) is 32.6 Å². The molecule has 1 aliphatic heterocycles. The molecule has 2 aromatic heterocycles. The van der Waals surface area contributed by atoms with Crippen LogP contribution in [-0.2, 0) is 11.8 Å². The van der Waals surface area contributed by atoms with Crippen molar-refractivity contribution < 1.29 is 14.0 Å². The van der Waals surface area contributed by atoms with Crippen LogP contribution in [0.15, 0.2) is 16.8 Å². The number of nitrogens with two attached hydrogens (primary N) is 1. The number of carbonyl (C=O) groups is 2. The maximum absolute atomic E-state index is 12.8. The molecule has 0 bridgehead atoms. The van der Waals surface area contributed by atoms with Crippen molar-refractivity contribution in [3.63, 3.8) is 0 Å². The number of hydrogen-bond acceptors (Lipinski definition) is 5. The van der Waals surface area contributed by atoms with Crippen LogP contribution in [0.1, 0.15) is 41.9 Å². The van der Waals surface area contributed by atoms with Crippen molar-refractivity contribution in [2.24, 2.45) is 18.7 Å². The third-order valence-corrected chi connectivity index (χ3v) is 4.56. The number of aromatic nitrogens is 3. The Morgan fingerprint density at radius 3 is 2.92 bits per heavy atom. The molecule has 0 aliphatic carbocycles. The quantitative estimate of drug-likeness (QED) is 0.883. The second kappa shape index (κ2) is 7.08. The predicted molar refractivity (Wildman–Crippen MR) is 90.5 cm³/mol. The number of nitrogens with zero attached hydrogens (tertiary/aromatic N) is 4. The van der Waals surface area contributed by atoms with Gasteiger partial charge in [0.05, 0.1) is 11.8 Å². The Morgan fingerprint density at radius 2 is 2.24 bits per heavy atom. The number of oxazole rings is 1. The fraction of sp³-hybridized carbons (Fsp3) is 0.529. The lowest BCUT2D eigenvalue weighted by atomic mass is 9.93. The number of hydrogen-bond donors (Lipinski definition) is 1. The van der Waals surface area contributed by atoms with E-state index in [0.717, 1.165) is 24.8 Å². The summed E-state index contributed by atoms with van der Waals surface area (Å²) in [6.45, 7) is 3.07. The van der Waals surface area contributed by atoms with Crippen LogP contribution in [0.3, 0.4) is 0 Å². The Kier molecular flexibility index (Phi) is 4.87. The van der Waals surface area contributed by atoms with E-state index in [1.807, 2.05) is 7.05 Å². The Hall–Kier alpha value is -2.64. The summed E-state index contributed by atoms with van der Waals surface area (Å²) < 4.78 is 7.32. The first kappa shape index (κ1) is 17.2. The van der Waals surface area contributed by atoms with Gasteiger partial charge in [-0.1, -0.05) is 0 Å². The van der Waals surface area contributed by atoms with Crippen LogP contribution in [0.5, 0.6) is 0 Å². The second-order valence-electron chi connectivity index (χ2n) is 6.59. The minimum Gasteiger partial charge on any atom is -0.440 e. The van der Waals surface area contributed by atoms with E-state index in [-0.39, 0.29) is 11.8 Å². The lowest BCUT2D eigenvalue weighted by Crippen LogP contribution is -2.40. The fourth-order valence-electron chi connectivity index (χ4n) is 3.23. The molecule has 0 radical (unpaired) electrons. The molecular formula is C17H23N5O3. The molecule has 2 amide bonds. The summed E-state index contributed by atoms with van der Waals surface area (Å²) in [5.74, 6) is 0.784. The second-order valence-corrected chi connectivity index (χ2v) is 6.59. The lowest BCUT2D eigenvalue weighted by Gasteiger charge is -2.32. The molecule has 8 heteroatoms. The van der Waals surface area contributed by atoms with Crippen molar-refractivity contribution in [3.8, 4) is 11.5 Å². The number of piperidine rings is 1. The molecule has 1 atom stereocenters. The maximum Gasteiger partial charge on any atom is 0.276 e. The number of rotatable bonds is 5. The summed E-state index contributed by atoms with van der Waals surface area (Å²) in [7, 11) is 1.81. The molecule has 3 heterocycles. The van der Waals surface area contributed by atoms with E-state index in [4.69, 9.17) is 10.2 Å². The van der Waals surface area contributed by atoms with Crippen molar-refractivity contribution in [1.82, 2.24) is 19.7 Å². The van der Waals surface area contributed by atoms with Gasteiger partial charge in [0.15, 0.2) is 5.69 Å². The summed E-state index contributed by atoms with van der Waals surface area (Å²) in [6, 6.07) is 0. The molecule has 2 aromatic rings. The van der Waals surface area contributed by atoms with E-state index in [1.54, 1.807) is 28.9 Å². The third-order valence-electron chi connectivity index (χ3n) is 4.56. The van der Waals surface area contributed by atoms with E-state index >= 15 is 0 Å². The fourth-order valence-corrected chi connectivity index (χ4v) is 3.23. The largest absolute Gasteiger partial charge is 0.440 e. The zero-order chi connectivity index (χ0) is 18.0. The maximum atomic E-state index is 12.8. The Morgan fingerprint density at radius 1 is 1.44 bits per heavy atom. The summed E-state index contributed by atoms with van der Waals surface area (Å²) in [4.78, 5) is 30.0. The van der Waals surface area contributed by atoms with Crippen LogP contribution in [0.25, 0.3) is 11.5 Å². The van der Waals surface area contributed by atoms with Gasteiger partial charge in [0.25, 0.3) is 5.91 Å². The molecule has 1 fully saturated rings. The van der Waals surface area contributed by atoms with Gasteiger partial charge in [-0.3, -0.25) is 14.3 Å². The first-order valence-electron chi connectivity index (χ1n) is 8.48. The highest BCUT2D eigenvalue weighted by atomic mass is 16.4. The van der Waals surface area contributed by atoms with Crippen LogP contribution in [0.2, 0.25) is 0 Å². The van der Waals surface area contributed by atoms with Crippen LogP contribution < -0.4 is 5.73 Å². The summed E-state index contributed by atoms with van der Waals surface area (Å²) in [5, 5.41) is 4.09. The number of amides is 2. The van der Waals surface area contributed by atoms with Gasteiger partial charge in [-0.2, -0.15) is 5.10 Å². The van der Waals surface area contributed by atoms with E-state index < -0.39 is 0 Å². The Labute approximate surface area is 146 Å². The number of likely N-dealkylation sites (tertiary alicyclic amines) is 1. The average Bonchev–Trinajstić information content (AvgIpc) is 3.18. The summed E-state index contributed by atoms with van der Waals surface area (Å²) >= 11 is 0. The van der Waals surface area contributed by atoms with Crippen molar-refractivity contribution in [3.05, 3.63) is 23.8 Å². The zero-order valence-corrected chi connectivity index (χ0v) is 14.6. The molecule has 3 rings (SSSR count). The molecule has 25 heavy (non-hydrogen) atoms. The highest BCUT2D eigenvalue weighted by Gasteiger charge is 2.28. The van der Waals surface area contributed by atoms with Crippen molar-refractivity contribution >= 4 is 11.8 Å². The van der Waals surface area contributed by atoms with Gasteiger partial charge in [-0.25, -0.2) is 4.98 Å². The zero-order valence-electron chi connectivity index (χ0n) is 14.6. The van der Waals surface area contributed by atoms with Gasteiger partial charge in [0.2, 0.25) is 11.8 Å². The first-order chi connectivity index (χ1) is 11.9. The number of primary amides is 1. The molecular weight excluding hydrogens is 322 g/mol. The minimum absolute atomic E-state index is 0.125. The predicted octanol–water partition coefficient (Wildman–Crippen LogP) is 1.50. The molecule has 1 saturated heterocycles. The van der Waals surface area contributed by atoms with Crippen LogP contribution in [0.4, 0.5) is 0 Å². The van der Waals surface area contributed by atoms with E-state index in [0.29, 0.717) is 42.8 Å². The Bertz CT molecular complexity index is 779. The standard InChI is InChI=1S/C17H23N5O3/c1-11-15(20-16(25-11)13-8-19-21(2)10-13)17(24)22-7-3-4-12(9-22)5-6-14(18)23/h8,10,12H,3-7,9H2,1-2H3,(H2,18,23). The van der Waals surface area contributed by atoms with Gasteiger partial charge >= 0.3 is 0 Å². The molecule has 1 unspecified atom stereocenters. The van der Waals surface area contributed by atoms with Gasteiger partial charge < -0.3 is 15.1 Å². The van der Waals surface area contributed by atoms with Crippen LogP contribution in [0, 0.1) is 12.8 Å². The van der Waals surface area contributed by atoms with Crippen LogP contribution >= 0.6 is 0 Å². The van der Waals surface area contributed by atoms with Gasteiger partial charge in [0, 0.05) is 32.8 Å². The minimum atomic E-state index is -0.295. The van der Waals surface area contributed by atoms with Gasteiger partial charge in [0.1, 0.15) is 5.76 Å². The monoisotopic (exact) mass is 345 g/mol. The number of aryl methyl sites for hydroxylation is 2. The van der Waals surface area contributed by atoms with Gasteiger partial charge in [-0.15, -0.1) is 0 Å². The van der Waals surface area contributed by atoms with E-state index in [2.05, 4.69) is 10.1 Å². The molecule has 0 saturated carbocycles. The molecule has 8 nitrogen and oxygen atoms in total. The molecule has 0 aromatic carbocycles. The highest BCUT2D eigenvalue weighted by molar-refractivity contribution is 5.93. The topological polar surface area (TPSA) is 107 Å². The van der Waals surface area contributed by atoms with Gasteiger partial charge in [-0.05, 0) is 32.1 Å². The normalized spacial score (nSPS) is 17.7. The molecule has 134 valence electrons. The molecule has 2 N–H and O–H groups in total. The third kappa shape index (κ3) is 3.89. The average molecular weight is 345 g/mol. The summed E-state index contributed by atoms with van der Waals surface area (Å²) in [6.07, 6.45) is 6.45. The summed E-state index contributed by atoms with van der Waals surface area (Å²) in [5.41, 5.74) is 6.31. The number of carbonyl (C=O) groups excluding carboxylic acids is 2. The van der Waals surface area contributed by atoms with Crippen molar-refractivity contribution in [2.75, 3.05) is 13.1 Å². The van der Waals surface area contributed by atoms with E-state index in [9.17, 15) is 9.59 Å². The van der Waals surface area contributed by atoms with E-state index in [1.165, 1.54) is 0 Å². The SMILES string of the molecule is Cc1oc(-c2cnn(C)c2)nc1C(=O)N1CCCC(CCC(N)=O)C1. The lowest BCUT2D eigenvalue weighted by molar-refractivity contribution is -0.118. The molecule has 1 aliphatic rings. The highest BCUT2D eigenvalue weighted by Crippen LogP contribution is 2.25. The Balaban J connectivity index is 1.72. The smallest absolute Gasteiger partial charge is 0.276 e. The van der Waals surface area contributed by atoms with Crippen molar-refractivity contribution in [1.29, 1.82) is 0 Å².